The van der Waals surface area contributed by atoms with E-state index in [9.17, 15) is 8.42 Å². The lowest BCUT2D eigenvalue weighted by Crippen LogP contribution is -2.42. The van der Waals surface area contributed by atoms with Crippen molar-refractivity contribution >= 4 is 21.6 Å². The molecular weight excluding hydrogens is 226 g/mol. The molecule has 2 unspecified atom stereocenters. The van der Waals surface area contributed by atoms with Crippen molar-refractivity contribution in [1.82, 2.24) is 4.31 Å². The summed E-state index contributed by atoms with van der Waals surface area (Å²) in [5, 5.41) is -0.533. The highest BCUT2D eigenvalue weighted by Gasteiger charge is 2.32. The SMILES string of the molecule is CC(CCl)S(=O)(=O)N(C)C1CCOC1. The second kappa shape index (κ2) is 4.79. The Morgan fingerprint density at radius 3 is 2.71 bits per heavy atom. The van der Waals surface area contributed by atoms with Crippen LogP contribution in [0.15, 0.2) is 0 Å². The van der Waals surface area contributed by atoms with Gasteiger partial charge in [-0.2, -0.15) is 4.31 Å². The fraction of sp³-hybridized carbons (Fsp3) is 1.00. The van der Waals surface area contributed by atoms with Crippen molar-refractivity contribution in [2.24, 2.45) is 0 Å². The standard InChI is InChI=1S/C8H16ClNO3S/c1-7(5-9)14(11,12)10(2)8-3-4-13-6-8/h7-8H,3-6H2,1-2H3. The first-order valence-electron chi connectivity index (χ1n) is 4.60. The Labute approximate surface area is 90.2 Å². The second-order valence-electron chi connectivity index (χ2n) is 3.54. The van der Waals surface area contributed by atoms with Gasteiger partial charge in [-0.05, 0) is 13.3 Å². The molecule has 6 heteroatoms. The zero-order chi connectivity index (χ0) is 10.8. The van der Waals surface area contributed by atoms with E-state index in [0.29, 0.717) is 13.2 Å². The van der Waals surface area contributed by atoms with E-state index >= 15 is 0 Å². The second-order valence-corrected chi connectivity index (χ2v) is 6.26. The molecule has 84 valence electrons. The lowest BCUT2D eigenvalue weighted by molar-refractivity contribution is 0.180. The largest absolute Gasteiger partial charge is 0.380 e. The van der Waals surface area contributed by atoms with Gasteiger partial charge in [-0.25, -0.2) is 8.42 Å². The number of hydrogen-bond acceptors (Lipinski definition) is 3. The van der Waals surface area contributed by atoms with Crippen LogP contribution >= 0.6 is 11.6 Å². The third kappa shape index (κ3) is 2.39. The molecule has 0 spiro atoms. The summed E-state index contributed by atoms with van der Waals surface area (Å²) in [6, 6.07) is -0.0225. The molecule has 0 saturated carbocycles. The summed E-state index contributed by atoms with van der Waals surface area (Å²) in [6.45, 7) is 2.75. The van der Waals surface area contributed by atoms with Crippen molar-refractivity contribution in [3.63, 3.8) is 0 Å². The Balaban J connectivity index is 2.71. The maximum atomic E-state index is 11.8. The molecule has 0 aromatic rings. The fourth-order valence-corrected chi connectivity index (χ4v) is 3.17. The number of ether oxygens (including phenoxy) is 1. The van der Waals surface area contributed by atoms with Crippen LogP contribution in [0.2, 0.25) is 0 Å². The van der Waals surface area contributed by atoms with E-state index in [4.69, 9.17) is 16.3 Å². The summed E-state index contributed by atoms with van der Waals surface area (Å²) >= 11 is 5.55. The van der Waals surface area contributed by atoms with Gasteiger partial charge in [0.1, 0.15) is 0 Å². The minimum Gasteiger partial charge on any atom is -0.380 e. The van der Waals surface area contributed by atoms with Crippen LogP contribution in [-0.4, -0.2) is 50.2 Å². The molecule has 1 saturated heterocycles. The van der Waals surface area contributed by atoms with Gasteiger partial charge in [-0.3, -0.25) is 0 Å². The van der Waals surface area contributed by atoms with E-state index in [2.05, 4.69) is 0 Å². The Bertz CT molecular complexity index is 274. The molecular formula is C8H16ClNO3S. The fourth-order valence-electron chi connectivity index (χ4n) is 1.38. The highest BCUT2D eigenvalue weighted by molar-refractivity contribution is 7.89. The smallest absolute Gasteiger partial charge is 0.217 e. The Morgan fingerprint density at radius 1 is 1.64 bits per heavy atom. The van der Waals surface area contributed by atoms with E-state index in [1.807, 2.05) is 0 Å². The zero-order valence-corrected chi connectivity index (χ0v) is 10.0. The molecule has 0 amide bonds. The topological polar surface area (TPSA) is 46.6 Å². The van der Waals surface area contributed by atoms with E-state index in [1.54, 1.807) is 14.0 Å². The third-order valence-corrected chi connectivity index (χ3v) is 5.48. The number of likely N-dealkylation sites (N-methyl/N-ethyl adjacent to an activating group) is 1. The number of hydrogen-bond donors (Lipinski definition) is 0. The average Bonchev–Trinajstić information content (AvgIpc) is 2.67. The summed E-state index contributed by atoms with van der Waals surface area (Å²) in [6.07, 6.45) is 0.769. The molecule has 0 bridgehead atoms. The number of nitrogens with zero attached hydrogens (tertiary/aromatic N) is 1. The summed E-state index contributed by atoms with van der Waals surface area (Å²) < 4.78 is 30.2. The number of halogens is 1. The maximum Gasteiger partial charge on any atom is 0.217 e. The number of rotatable bonds is 4. The molecule has 1 fully saturated rings. The Kier molecular flexibility index (Phi) is 4.18. The minimum absolute atomic E-state index is 0.0225. The highest BCUT2D eigenvalue weighted by Crippen LogP contribution is 2.17. The third-order valence-electron chi connectivity index (χ3n) is 2.55. The van der Waals surface area contributed by atoms with Gasteiger partial charge in [0.25, 0.3) is 0 Å². The lowest BCUT2D eigenvalue weighted by Gasteiger charge is -2.25. The monoisotopic (exact) mass is 241 g/mol. The molecule has 0 radical (unpaired) electrons. The van der Waals surface area contributed by atoms with Gasteiger partial charge in [0.05, 0.1) is 17.9 Å². The summed E-state index contributed by atoms with van der Waals surface area (Å²) in [5.41, 5.74) is 0. The van der Waals surface area contributed by atoms with Crippen LogP contribution in [0.4, 0.5) is 0 Å². The first kappa shape index (κ1) is 12.2. The van der Waals surface area contributed by atoms with E-state index in [-0.39, 0.29) is 11.9 Å². The van der Waals surface area contributed by atoms with E-state index in [0.717, 1.165) is 6.42 Å². The van der Waals surface area contributed by atoms with Crippen LogP contribution in [0.5, 0.6) is 0 Å². The van der Waals surface area contributed by atoms with Crippen LogP contribution in [0.25, 0.3) is 0 Å². The molecule has 1 rings (SSSR count). The first-order valence-corrected chi connectivity index (χ1v) is 6.64. The lowest BCUT2D eigenvalue weighted by atomic mass is 10.3. The molecule has 1 aliphatic heterocycles. The first-order chi connectivity index (χ1) is 6.50. The molecule has 1 aliphatic rings. The predicted molar refractivity (Wildman–Crippen MR) is 56.1 cm³/mol. The van der Waals surface area contributed by atoms with Crippen LogP contribution in [0.3, 0.4) is 0 Å². The minimum atomic E-state index is -3.25. The van der Waals surface area contributed by atoms with Gasteiger partial charge in [-0.1, -0.05) is 0 Å². The van der Waals surface area contributed by atoms with Crippen LogP contribution in [0, 0.1) is 0 Å². The molecule has 2 atom stereocenters. The quantitative estimate of drug-likeness (QED) is 0.680. The molecule has 4 nitrogen and oxygen atoms in total. The van der Waals surface area contributed by atoms with Crippen LogP contribution < -0.4 is 0 Å². The number of alkyl halides is 1. The van der Waals surface area contributed by atoms with Crippen molar-refractivity contribution in [3.8, 4) is 0 Å². The van der Waals surface area contributed by atoms with Gasteiger partial charge in [-0.15, -0.1) is 11.6 Å². The Morgan fingerprint density at radius 2 is 2.29 bits per heavy atom. The molecule has 0 N–H and O–H groups in total. The average molecular weight is 242 g/mol. The van der Waals surface area contributed by atoms with Gasteiger partial charge in [0, 0.05) is 19.5 Å². The van der Waals surface area contributed by atoms with Crippen LogP contribution in [-0.2, 0) is 14.8 Å². The van der Waals surface area contributed by atoms with Gasteiger partial charge in [0.15, 0.2) is 0 Å². The maximum absolute atomic E-state index is 11.8. The van der Waals surface area contributed by atoms with Gasteiger partial charge < -0.3 is 4.74 Å². The van der Waals surface area contributed by atoms with Crippen molar-refractivity contribution < 1.29 is 13.2 Å². The van der Waals surface area contributed by atoms with Crippen molar-refractivity contribution in [2.45, 2.75) is 24.6 Å². The van der Waals surface area contributed by atoms with Gasteiger partial charge >= 0.3 is 0 Å². The van der Waals surface area contributed by atoms with E-state index < -0.39 is 15.3 Å². The Hall–Kier alpha value is 0.160. The molecule has 1 heterocycles. The normalized spacial score (nSPS) is 25.6. The predicted octanol–water partition coefficient (Wildman–Crippen LogP) is 0.664. The zero-order valence-electron chi connectivity index (χ0n) is 8.44. The highest BCUT2D eigenvalue weighted by atomic mass is 35.5. The summed E-state index contributed by atoms with van der Waals surface area (Å²) in [7, 11) is -1.66. The van der Waals surface area contributed by atoms with Crippen LogP contribution in [0.1, 0.15) is 13.3 Å². The molecule has 14 heavy (non-hydrogen) atoms. The number of sulfonamides is 1. The summed E-state index contributed by atoms with van der Waals surface area (Å²) in [4.78, 5) is 0. The van der Waals surface area contributed by atoms with Crippen molar-refractivity contribution in [2.75, 3.05) is 26.1 Å². The van der Waals surface area contributed by atoms with Crippen molar-refractivity contribution in [3.05, 3.63) is 0 Å². The molecule has 0 aromatic heterocycles. The van der Waals surface area contributed by atoms with E-state index in [1.165, 1.54) is 4.31 Å². The summed E-state index contributed by atoms with van der Waals surface area (Å²) in [5.74, 6) is 0.125. The molecule has 0 aromatic carbocycles. The van der Waals surface area contributed by atoms with Crippen molar-refractivity contribution in [1.29, 1.82) is 0 Å². The van der Waals surface area contributed by atoms with Gasteiger partial charge in [0.2, 0.25) is 10.0 Å². The molecule has 0 aliphatic carbocycles.